The van der Waals surface area contributed by atoms with E-state index in [0.29, 0.717) is 12.1 Å². The molecule has 2 N–H and O–H groups in total. The Bertz CT molecular complexity index is 328. The SMILES string of the molecule is CC1OCCC12CN=C(N)N2CC1CCCO1. The Labute approximate surface area is 102 Å². The summed E-state index contributed by atoms with van der Waals surface area (Å²) >= 11 is 0. The van der Waals surface area contributed by atoms with E-state index in [2.05, 4.69) is 16.8 Å². The van der Waals surface area contributed by atoms with E-state index >= 15 is 0 Å². The van der Waals surface area contributed by atoms with Gasteiger partial charge in [-0.25, -0.2) is 0 Å². The molecule has 0 amide bonds. The molecule has 3 atom stereocenters. The van der Waals surface area contributed by atoms with Crippen molar-refractivity contribution in [3.63, 3.8) is 0 Å². The van der Waals surface area contributed by atoms with Gasteiger partial charge in [-0.2, -0.15) is 0 Å². The van der Waals surface area contributed by atoms with Crippen LogP contribution in [0.2, 0.25) is 0 Å². The smallest absolute Gasteiger partial charge is 0.192 e. The van der Waals surface area contributed by atoms with Gasteiger partial charge < -0.3 is 20.1 Å². The summed E-state index contributed by atoms with van der Waals surface area (Å²) in [5.74, 6) is 0.665. The van der Waals surface area contributed by atoms with Gasteiger partial charge in [-0.3, -0.25) is 4.99 Å². The molecule has 0 bridgehead atoms. The van der Waals surface area contributed by atoms with Crippen LogP contribution < -0.4 is 5.73 Å². The molecule has 3 aliphatic heterocycles. The van der Waals surface area contributed by atoms with Gasteiger partial charge in [-0.15, -0.1) is 0 Å². The Morgan fingerprint density at radius 3 is 3.00 bits per heavy atom. The van der Waals surface area contributed by atoms with E-state index in [-0.39, 0.29) is 11.6 Å². The average Bonchev–Trinajstić information content (AvgIpc) is 2.99. The summed E-state index contributed by atoms with van der Waals surface area (Å²) in [6, 6.07) is 0. The second-order valence-corrected chi connectivity index (χ2v) is 5.29. The molecule has 3 unspecified atom stereocenters. The van der Waals surface area contributed by atoms with Gasteiger partial charge in [-0.05, 0) is 26.2 Å². The fourth-order valence-electron chi connectivity index (χ4n) is 3.22. The molecule has 17 heavy (non-hydrogen) atoms. The maximum Gasteiger partial charge on any atom is 0.192 e. The fraction of sp³-hybridized carbons (Fsp3) is 0.917. The highest BCUT2D eigenvalue weighted by Crippen LogP contribution is 2.36. The summed E-state index contributed by atoms with van der Waals surface area (Å²) in [5, 5.41) is 0. The van der Waals surface area contributed by atoms with E-state index in [1.54, 1.807) is 0 Å². The van der Waals surface area contributed by atoms with Gasteiger partial charge in [0, 0.05) is 19.8 Å². The quantitative estimate of drug-likeness (QED) is 0.755. The first kappa shape index (κ1) is 11.3. The monoisotopic (exact) mass is 239 g/mol. The summed E-state index contributed by atoms with van der Waals surface area (Å²) in [7, 11) is 0. The molecular weight excluding hydrogens is 218 g/mol. The Kier molecular flexibility index (Phi) is 2.75. The number of nitrogens with two attached hydrogens (primary N) is 1. The number of aliphatic imine (C=N–C) groups is 1. The summed E-state index contributed by atoms with van der Waals surface area (Å²) in [4.78, 5) is 6.67. The highest BCUT2D eigenvalue weighted by atomic mass is 16.5. The largest absolute Gasteiger partial charge is 0.376 e. The van der Waals surface area contributed by atoms with E-state index in [0.717, 1.165) is 45.6 Å². The lowest BCUT2D eigenvalue weighted by molar-refractivity contribution is 0.0271. The Balaban J connectivity index is 1.76. The number of guanidine groups is 1. The molecule has 0 aromatic heterocycles. The van der Waals surface area contributed by atoms with Crippen LogP contribution in [0.1, 0.15) is 26.2 Å². The second-order valence-electron chi connectivity index (χ2n) is 5.29. The van der Waals surface area contributed by atoms with Gasteiger partial charge in [0.15, 0.2) is 5.96 Å². The molecule has 2 saturated heterocycles. The predicted molar refractivity (Wildman–Crippen MR) is 64.9 cm³/mol. The van der Waals surface area contributed by atoms with Crippen molar-refractivity contribution in [2.24, 2.45) is 10.7 Å². The number of ether oxygens (including phenoxy) is 2. The molecule has 2 fully saturated rings. The molecule has 0 aliphatic carbocycles. The Morgan fingerprint density at radius 2 is 2.35 bits per heavy atom. The molecule has 96 valence electrons. The van der Waals surface area contributed by atoms with Crippen LogP contribution in [0.25, 0.3) is 0 Å². The van der Waals surface area contributed by atoms with Crippen molar-refractivity contribution in [1.29, 1.82) is 0 Å². The lowest BCUT2D eigenvalue weighted by Crippen LogP contribution is -2.57. The van der Waals surface area contributed by atoms with Crippen molar-refractivity contribution >= 4 is 5.96 Å². The average molecular weight is 239 g/mol. The number of rotatable bonds is 2. The molecule has 3 heterocycles. The molecule has 0 aromatic carbocycles. The van der Waals surface area contributed by atoms with Gasteiger partial charge in [0.2, 0.25) is 0 Å². The normalized spacial score (nSPS) is 41.5. The van der Waals surface area contributed by atoms with E-state index in [1.807, 2.05) is 0 Å². The molecular formula is C12H21N3O2. The van der Waals surface area contributed by atoms with E-state index in [1.165, 1.54) is 0 Å². The maximum atomic E-state index is 6.04. The van der Waals surface area contributed by atoms with Crippen LogP contribution in [0.4, 0.5) is 0 Å². The summed E-state index contributed by atoms with van der Waals surface area (Å²) in [6.07, 6.45) is 3.83. The predicted octanol–water partition coefficient (Wildman–Crippen LogP) is 0.343. The molecule has 3 aliphatic rings. The zero-order chi connectivity index (χ0) is 11.9. The molecule has 5 nitrogen and oxygen atoms in total. The van der Waals surface area contributed by atoms with Gasteiger partial charge in [-0.1, -0.05) is 0 Å². The minimum atomic E-state index is -0.00394. The van der Waals surface area contributed by atoms with E-state index < -0.39 is 0 Å². The summed E-state index contributed by atoms with van der Waals surface area (Å²) in [6.45, 7) is 5.46. The zero-order valence-corrected chi connectivity index (χ0v) is 10.4. The first-order valence-corrected chi connectivity index (χ1v) is 6.53. The van der Waals surface area contributed by atoms with Gasteiger partial charge in [0.25, 0.3) is 0 Å². The van der Waals surface area contributed by atoms with Crippen molar-refractivity contribution in [3.05, 3.63) is 0 Å². The first-order chi connectivity index (χ1) is 8.22. The minimum Gasteiger partial charge on any atom is -0.376 e. The first-order valence-electron chi connectivity index (χ1n) is 6.53. The molecule has 0 aromatic rings. The van der Waals surface area contributed by atoms with Crippen LogP contribution in [-0.4, -0.2) is 54.9 Å². The lowest BCUT2D eigenvalue weighted by Gasteiger charge is -2.39. The van der Waals surface area contributed by atoms with Gasteiger partial charge in [0.1, 0.15) is 0 Å². The zero-order valence-electron chi connectivity index (χ0n) is 10.4. The van der Waals surface area contributed by atoms with Crippen LogP contribution in [0.3, 0.4) is 0 Å². The van der Waals surface area contributed by atoms with Gasteiger partial charge >= 0.3 is 0 Å². The number of nitrogens with zero attached hydrogens (tertiary/aromatic N) is 2. The Morgan fingerprint density at radius 1 is 1.47 bits per heavy atom. The summed E-state index contributed by atoms with van der Waals surface area (Å²) < 4.78 is 11.4. The topological polar surface area (TPSA) is 60.1 Å². The van der Waals surface area contributed by atoms with Crippen LogP contribution in [0, 0.1) is 0 Å². The van der Waals surface area contributed by atoms with Crippen molar-refractivity contribution in [2.45, 2.75) is 43.9 Å². The number of hydrogen-bond donors (Lipinski definition) is 1. The third-order valence-electron chi connectivity index (χ3n) is 4.40. The molecule has 1 spiro atoms. The van der Waals surface area contributed by atoms with Crippen LogP contribution in [0.15, 0.2) is 4.99 Å². The second kappa shape index (κ2) is 4.14. The van der Waals surface area contributed by atoms with Crippen LogP contribution >= 0.6 is 0 Å². The molecule has 0 radical (unpaired) electrons. The summed E-state index contributed by atoms with van der Waals surface area (Å²) in [5.41, 5.74) is 6.03. The molecule has 5 heteroatoms. The lowest BCUT2D eigenvalue weighted by atomic mass is 9.90. The van der Waals surface area contributed by atoms with Crippen LogP contribution in [0.5, 0.6) is 0 Å². The highest BCUT2D eigenvalue weighted by Gasteiger charge is 2.50. The van der Waals surface area contributed by atoms with Crippen molar-refractivity contribution in [1.82, 2.24) is 4.90 Å². The van der Waals surface area contributed by atoms with Gasteiger partial charge in [0.05, 0.1) is 24.3 Å². The van der Waals surface area contributed by atoms with Crippen molar-refractivity contribution in [3.8, 4) is 0 Å². The minimum absolute atomic E-state index is 0.00394. The maximum absolute atomic E-state index is 6.04. The molecule has 3 rings (SSSR count). The van der Waals surface area contributed by atoms with E-state index in [4.69, 9.17) is 15.2 Å². The van der Waals surface area contributed by atoms with E-state index in [9.17, 15) is 0 Å². The molecule has 0 saturated carbocycles. The highest BCUT2D eigenvalue weighted by molar-refractivity contribution is 5.81. The standard InChI is InChI=1S/C12H21N3O2/c1-9-12(4-6-16-9)8-14-11(13)15(12)7-10-3-2-5-17-10/h9-10H,2-8H2,1H3,(H2,13,14). The van der Waals surface area contributed by atoms with Crippen LogP contribution in [-0.2, 0) is 9.47 Å². The number of hydrogen-bond acceptors (Lipinski definition) is 5. The third-order valence-corrected chi connectivity index (χ3v) is 4.40. The fourth-order valence-corrected chi connectivity index (χ4v) is 3.22. The Hall–Kier alpha value is -0.810. The van der Waals surface area contributed by atoms with Crippen molar-refractivity contribution < 1.29 is 9.47 Å². The van der Waals surface area contributed by atoms with Crippen molar-refractivity contribution in [2.75, 3.05) is 26.3 Å². The third kappa shape index (κ3) is 1.72.